The summed E-state index contributed by atoms with van der Waals surface area (Å²) in [5.74, 6) is -0.180. The van der Waals surface area contributed by atoms with E-state index in [1.165, 1.54) is 167 Å². The standard InChI is InChI=1S/C53H99NO8/c1-3-5-7-9-11-12-13-14-15-16-17-18-19-20-21-22-23-24-25-26-27-28-29-30-31-32-33-34-35-36-37-39-41-43-49(57)54-46(47(56)42-40-38-10-8-6-4-2)45-61-53-52(60)51(59)50(58)48(44-55)62-53/h13-14,16-17,40,42,46-48,50-53,55-56,58-60H,3-12,15,18-39,41,43-45H2,1-2H3,(H,54,57)/b14-13-,17-16-,42-40+. The van der Waals surface area contributed by atoms with Gasteiger partial charge in [-0.25, -0.2) is 0 Å². The lowest BCUT2D eigenvalue weighted by atomic mass is 9.99. The molecule has 0 saturated carbocycles. The molecule has 364 valence electrons. The van der Waals surface area contributed by atoms with Gasteiger partial charge >= 0.3 is 0 Å². The number of ether oxygens (including phenoxy) is 2. The monoisotopic (exact) mass is 878 g/mol. The van der Waals surface area contributed by atoms with Gasteiger partial charge in [0.25, 0.3) is 0 Å². The van der Waals surface area contributed by atoms with Crippen LogP contribution in [-0.4, -0.2) is 87.5 Å². The molecule has 1 fully saturated rings. The van der Waals surface area contributed by atoms with Crippen molar-refractivity contribution >= 4 is 5.91 Å². The van der Waals surface area contributed by atoms with Crippen molar-refractivity contribution in [1.29, 1.82) is 0 Å². The largest absolute Gasteiger partial charge is 0.394 e. The first-order chi connectivity index (χ1) is 30.3. The minimum absolute atomic E-state index is 0.180. The summed E-state index contributed by atoms with van der Waals surface area (Å²) in [5, 5.41) is 53.9. The van der Waals surface area contributed by atoms with E-state index < -0.39 is 49.5 Å². The van der Waals surface area contributed by atoms with Crippen LogP contribution in [0.15, 0.2) is 36.5 Å². The van der Waals surface area contributed by atoms with Crippen LogP contribution in [-0.2, 0) is 14.3 Å². The molecular formula is C53H99NO8. The number of hydrogen-bond acceptors (Lipinski definition) is 8. The zero-order valence-corrected chi connectivity index (χ0v) is 40.1. The fourth-order valence-corrected chi connectivity index (χ4v) is 8.25. The van der Waals surface area contributed by atoms with Gasteiger partial charge in [0.05, 0.1) is 25.4 Å². The van der Waals surface area contributed by atoms with E-state index in [1.807, 2.05) is 6.08 Å². The molecule has 6 N–H and O–H groups in total. The second kappa shape index (κ2) is 43.3. The molecule has 1 amide bonds. The summed E-state index contributed by atoms with van der Waals surface area (Å²) in [5.41, 5.74) is 0. The number of amides is 1. The van der Waals surface area contributed by atoms with Gasteiger partial charge in [0.15, 0.2) is 6.29 Å². The van der Waals surface area contributed by atoms with Crippen LogP contribution in [0.3, 0.4) is 0 Å². The third kappa shape index (κ3) is 33.0. The third-order valence-electron chi connectivity index (χ3n) is 12.5. The van der Waals surface area contributed by atoms with Crippen molar-refractivity contribution in [2.24, 2.45) is 0 Å². The molecule has 0 aromatic rings. The molecule has 7 unspecified atom stereocenters. The van der Waals surface area contributed by atoms with E-state index in [2.05, 4.69) is 43.5 Å². The zero-order valence-electron chi connectivity index (χ0n) is 40.1. The van der Waals surface area contributed by atoms with Crippen molar-refractivity contribution in [2.75, 3.05) is 13.2 Å². The number of aliphatic hydroxyl groups excluding tert-OH is 5. The highest BCUT2D eigenvalue weighted by Crippen LogP contribution is 2.23. The molecular weight excluding hydrogens is 779 g/mol. The third-order valence-corrected chi connectivity index (χ3v) is 12.5. The molecule has 0 spiro atoms. The first kappa shape index (κ1) is 58.4. The number of unbranched alkanes of at least 4 members (excludes halogenated alkanes) is 30. The Hall–Kier alpha value is -1.59. The molecule has 0 bridgehead atoms. The summed E-state index contributed by atoms with van der Waals surface area (Å²) in [6, 6.07) is -0.799. The summed E-state index contributed by atoms with van der Waals surface area (Å²) >= 11 is 0. The van der Waals surface area contributed by atoms with Gasteiger partial charge < -0.3 is 40.3 Å². The fourth-order valence-electron chi connectivity index (χ4n) is 8.25. The van der Waals surface area contributed by atoms with Gasteiger partial charge in [-0.05, 0) is 51.4 Å². The van der Waals surface area contributed by atoms with Gasteiger partial charge in [0, 0.05) is 6.42 Å². The Morgan fingerprint density at radius 3 is 1.40 bits per heavy atom. The Balaban J connectivity index is 2.02. The molecule has 1 saturated heterocycles. The predicted molar refractivity (Wildman–Crippen MR) is 258 cm³/mol. The summed E-state index contributed by atoms with van der Waals surface area (Å²) in [7, 11) is 0. The first-order valence-electron chi connectivity index (χ1n) is 26.2. The highest BCUT2D eigenvalue weighted by molar-refractivity contribution is 5.76. The Labute approximate surface area is 381 Å². The number of aliphatic hydroxyl groups is 5. The Morgan fingerprint density at radius 1 is 0.548 bits per heavy atom. The van der Waals surface area contributed by atoms with E-state index in [0.717, 1.165) is 51.4 Å². The highest BCUT2D eigenvalue weighted by atomic mass is 16.7. The van der Waals surface area contributed by atoms with Gasteiger partial charge in [0.1, 0.15) is 24.4 Å². The quantitative estimate of drug-likeness (QED) is 0.0262. The molecule has 0 aromatic carbocycles. The molecule has 9 nitrogen and oxygen atoms in total. The Morgan fingerprint density at radius 2 is 0.952 bits per heavy atom. The minimum Gasteiger partial charge on any atom is -0.394 e. The number of hydrogen-bond donors (Lipinski definition) is 6. The van der Waals surface area contributed by atoms with E-state index in [9.17, 15) is 30.3 Å². The average Bonchev–Trinajstić information content (AvgIpc) is 3.27. The van der Waals surface area contributed by atoms with Gasteiger partial charge in [-0.3, -0.25) is 4.79 Å². The van der Waals surface area contributed by atoms with Crippen molar-refractivity contribution in [3.63, 3.8) is 0 Å². The van der Waals surface area contributed by atoms with Crippen LogP contribution in [0.1, 0.15) is 239 Å². The van der Waals surface area contributed by atoms with E-state index in [-0.39, 0.29) is 12.5 Å². The smallest absolute Gasteiger partial charge is 0.220 e. The van der Waals surface area contributed by atoms with Crippen LogP contribution in [0, 0.1) is 0 Å². The lowest BCUT2D eigenvalue weighted by Crippen LogP contribution is -2.60. The first-order valence-corrected chi connectivity index (χ1v) is 26.2. The Bertz CT molecular complexity index is 1070. The SMILES string of the molecule is CCCCCC/C=C/C(O)C(COC1OC(CO)C(O)C(O)C1O)NC(=O)CCCCCCCCCCCCCCCCCCCCCCC/C=C\C/C=C\CCCCCCC. The molecule has 0 aromatic heterocycles. The highest BCUT2D eigenvalue weighted by Gasteiger charge is 2.44. The van der Waals surface area contributed by atoms with Crippen LogP contribution in [0.25, 0.3) is 0 Å². The fraction of sp³-hybridized carbons (Fsp3) is 0.868. The van der Waals surface area contributed by atoms with Crippen molar-refractivity contribution < 1.29 is 39.8 Å². The number of nitrogens with one attached hydrogen (secondary N) is 1. The van der Waals surface area contributed by atoms with E-state index in [0.29, 0.717) is 6.42 Å². The maximum Gasteiger partial charge on any atom is 0.220 e. The van der Waals surface area contributed by atoms with Gasteiger partial charge in [-0.2, -0.15) is 0 Å². The zero-order chi connectivity index (χ0) is 45.1. The van der Waals surface area contributed by atoms with Crippen LogP contribution < -0.4 is 5.32 Å². The van der Waals surface area contributed by atoms with Crippen molar-refractivity contribution in [3.05, 3.63) is 36.5 Å². The Kier molecular flexibility index (Phi) is 40.8. The molecule has 1 rings (SSSR count). The van der Waals surface area contributed by atoms with Crippen LogP contribution in [0.2, 0.25) is 0 Å². The van der Waals surface area contributed by atoms with Crippen LogP contribution in [0.4, 0.5) is 0 Å². The summed E-state index contributed by atoms with van der Waals surface area (Å²) in [6.07, 6.45) is 48.4. The number of carbonyl (C=O) groups excluding carboxylic acids is 1. The number of allylic oxidation sites excluding steroid dienone is 5. The van der Waals surface area contributed by atoms with Crippen LogP contribution >= 0.6 is 0 Å². The second-order valence-corrected chi connectivity index (χ2v) is 18.3. The lowest BCUT2D eigenvalue weighted by Gasteiger charge is -2.40. The van der Waals surface area contributed by atoms with Gasteiger partial charge in [-0.15, -0.1) is 0 Å². The molecule has 1 heterocycles. The molecule has 62 heavy (non-hydrogen) atoms. The molecule has 1 aliphatic heterocycles. The molecule has 9 heteroatoms. The minimum atomic E-state index is -1.56. The number of rotatable bonds is 44. The summed E-state index contributed by atoms with van der Waals surface area (Å²) in [6.45, 7) is 3.68. The maximum atomic E-state index is 12.9. The van der Waals surface area contributed by atoms with Gasteiger partial charge in [-0.1, -0.05) is 217 Å². The van der Waals surface area contributed by atoms with Crippen molar-refractivity contribution in [2.45, 2.75) is 281 Å². The molecule has 0 radical (unpaired) electrons. The maximum absolute atomic E-state index is 12.9. The summed E-state index contributed by atoms with van der Waals surface area (Å²) in [4.78, 5) is 12.9. The number of carbonyl (C=O) groups is 1. The van der Waals surface area contributed by atoms with Crippen molar-refractivity contribution in [1.82, 2.24) is 5.32 Å². The molecule has 1 aliphatic rings. The lowest BCUT2D eigenvalue weighted by molar-refractivity contribution is -0.302. The normalized spacial score (nSPS) is 20.5. The van der Waals surface area contributed by atoms with Gasteiger partial charge in [0.2, 0.25) is 5.91 Å². The average molecular weight is 878 g/mol. The second-order valence-electron chi connectivity index (χ2n) is 18.3. The van der Waals surface area contributed by atoms with Crippen molar-refractivity contribution in [3.8, 4) is 0 Å². The predicted octanol–water partition coefficient (Wildman–Crippen LogP) is 12.0. The topological polar surface area (TPSA) is 149 Å². The van der Waals surface area contributed by atoms with Crippen LogP contribution in [0.5, 0.6) is 0 Å². The van der Waals surface area contributed by atoms with E-state index in [1.54, 1.807) is 6.08 Å². The molecule has 0 aliphatic carbocycles. The van der Waals surface area contributed by atoms with E-state index in [4.69, 9.17) is 9.47 Å². The summed E-state index contributed by atoms with van der Waals surface area (Å²) < 4.78 is 11.1. The molecule has 7 atom stereocenters. The van der Waals surface area contributed by atoms with E-state index >= 15 is 0 Å².